The molecule has 3 heterocycles. The summed E-state index contributed by atoms with van der Waals surface area (Å²) in [7, 11) is 0. The van der Waals surface area contributed by atoms with E-state index in [0.29, 0.717) is 17.4 Å². The van der Waals surface area contributed by atoms with Crippen molar-refractivity contribution in [1.82, 2.24) is 19.4 Å². The summed E-state index contributed by atoms with van der Waals surface area (Å²) >= 11 is 1.21. The van der Waals surface area contributed by atoms with Crippen LogP contribution in [0.2, 0.25) is 0 Å². The van der Waals surface area contributed by atoms with E-state index in [1.54, 1.807) is 16.0 Å². The van der Waals surface area contributed by atoms with Crippen LogP contribution in [0, 0.1) is 5.82 Å². The van der Waals surface area contributed by atoms with Crippen molar-refractivity contribution in [1.29, 1.82) is 0 Å². The number of hydrogen-bond acceptors (Lipinski definition) is 6. The molecule has 33 heavy (non-hydrogen) atoms. The maximum absolute atomic E-state index is 14.0. The van der Waals surface area contributed by atoms with Gasteiger partial charge in [0.1, 0.15) is 11.5 Å². The van der Waals surface area contributed by atoms with E-state index in [-0.39, 0.29) is 11.4 Å². The lowest BCUT2D eigenvalue weighted by Gasteiger charge is -2.31. The predicted molar refractivity (Wildman–Crippen MR) is 128 cm³/mol. The standard InChI is InChI=1S/C23H23FN6O2S/c1-2-29-19-5-3-4-6-20(19)30(23(29)32)22-27-17(14-33-22)21(31)26-16-13-15(24)7-8-18(16)28-11-9-25-10-12-28/h3-8,13-14,25H,2,9-12H2,1H3,(H,26,31). The summed E-state index contributed by atoms with van der Waals surface area (Å²) < 4.78 is 17.2. The minimum Gasteiger partial charge on any atom is -0.367 e. The molecular weight excluding hydrogens is 443 g/mol. The van der Waals surface area contributed by atoms with Crippen molar-refractivity contribution in [3.05, 3.63) is 69.8 Å². The highest BCUT2D eigenvalue weighted by Gasteiger charge is 2.20. The molecule has 0 radical (unpaired) electrons. The largest absolute Gasteiger partial charge is 0.367 e. The first-order chi connectivity index (χ1) is 16.1. The molecule has 1 aliphatic rings. The molecule has 4 aromatic rings. The Labute approximate surface area is 193 Å². The van der Waals surface area contributed by atoms with Gasteiger partial charge in [-0.2, -0.15) is 0 Å². The second-order valence-electron chi connectivity index (χ2n) is 7.72. The summed E-state index contributed by atoms with van der Waals surface area (Å²) in [6, 6.07) is 11.9. The Morgan fingerprint density at radius 1 is 1.18 bits per heavy atom. The van der Waals surface area contributed by atoms with Crippen LogP contribution in [-0.2, 0) is 6.54 Å². The van der Waals surface area contributed by atoms with Crippen LogP contribution in [0.4, 0.5) is 15.8 Å². The van der Waals surface area contributed by atoms with Crippen molar-refractivity contribution in [2.45, 2.75) is 13.5 Å². The van der Waals surface area contributed by atoms with E-state index in [9.17, 15) is 14.0 Å². The van der Waals surface area contributed by atoms with Crippen molar-refractivity contribution in [3.8, 4) is 5.13 Å². The van der Waals surface area contributed by atoms with Gasteiger partial charge in [-0.1, -0.05) is 12.1 Å². The Morgan fingerprint density at radius 3 is 2.70 bits per heavy atom. The number of nitrogens with one attached hydrogen (secondary N) is 2. The van der Waals surface area contributed by atoms with Gasteiger partial charge in [0.25, 0.3) is 5.91 Å². The maximum atomic E-state index is 14.0. The Kier molecular flexibility index (Phi) is 5.69. The van der Waals surface area contributed by atoms with Gasteiger partial charge in [0, 0.05) is 38.1 Å². The monoisotopic (exact) mass is 466 g/mol. The lowest BCUT2D eigenvalue weighted by molar-refractivity contribution is 0.102. The van der Waals surface area contributed by atoms with Gasteiger partial charge in [0.15, 0.2) is 5.13 Å². The highest BCUT2D eigenvalue weighted by atomic mass is 32.1. The van der Waals surface area contributed by atoms with E-state index in [1.165, 1.54) is 28.0 Å². The van der Waals surface area contributed by atoms with E-state index in [0.717, 1.165) is 42.9 Å². The van der Waals surface area contributed by atoms with Crippen LogP contribution in [-0.4, -0.2) is 46.2 Å². The fourth-order valence-electron chi connectivity index (χ4n) is 4.15. The zero-order valence-corrected chi connectivity index (χ0v) is 18.9. The number of halogens is 1. The van der Waals surface area contributed by atoms with Crippen LogP contribution in [0.5, 0.6) is 0 Å². The van der Waals surface area contributed by atoms with Crippen LogP contribution in [0.25, 0.3) is 16.2 Å². The SMILES string of the molecule is CCn1c(=O)n(-c2nc(C(=O)Nc3cc(F)ccc3N3CCNCC3)cs2)c2ccccc21. The molecule has 0 unspecified atom stereocenters. The smallest absolute Gasteiger partial charge is 0.335 e. The maximum Gasteiger partial charge on any atom is 0.335 e. The highest BCUT2D eigenvalue weighted by molar-refractivity contribution is 7.12. The first-order valence-electron chi connectivity index (χ1n) is 10.8. The molecule has 2 aromatic carbocycles. The second kappa shape index (κ2) is 8.80. The summed E-state index contributed by atoms with van der Waals surface area (Å²) in [5.74, 6) is -0.881. The third-order valence-electron chi connectivity index (χ3n) is 5.73. The molecule has 1 saturated heterocycles. The number of rotatable bonds is 5. The number of thiazole rings is 1. The van der Waals surface area contributed by atoms with Gasteiger partial charge in [-0.25, -0.2) is 18.7 Å². The fraction of sp³-hybridized carbons (Fsp3) is 0.261. The number of benzene rings is 2. The summed E-state index contributed by atoms with van der Waals surface area (Å²) in [5, 5.41) is 8.11. The number of carbonyl (C=O) groups is 1. The average Bonchev–Trinajstić information content (AvgIpc) is 3.41. The first-order valence-corrected chi connectivity index (χ1v) is 11.7. The van der Waals surface area contributed by atoms with Gasteiger partial charge < -0.3 is 15.5 Å². The molecule has 0 spiro atoms. The number of imidazole rings is 1. The van der Waals surface area contributed by atoms with Gasteiger partial charge in [0.05, 0.1) is 22.4 Å². The van der Waals surface area contributed by atoms with Crippen LogP contribution in [0.1, 0.15) is 17.4 Å². The summed E-state index contributed by atoms with van der Waals surface area (Å²) in [6.45, 7) is 5.60. The molecule has 0 bridgehead atoms. The highest BCUT2D eigenvalue weighted by Crippen LogP contribution is 2.28. The Balaban J connectivity index is 1.46. The Hall–Kier alpha value is -3.50. The van der Waals surface area contributed by atoms with E-state index in [1.807, 2.05) is 31.2 Å². The number of para-hydroxylation sites is 2. The van der Waals surface area contributed by atoms with Crippen LogP contribution in [0.15, 0.2) is 52.6 Å². The molecule has 5 rings (SSSR count). The fourth-order valence-corrected chi connectivity index (χ4v) is 4.96. The van der Waals surface area contributed by atoms with Crippen LogP contribution >= 0.6 is 11.3 Å². The number of hydrogen-bond donors (Lipinski definition) is 2. The van der Waals surface area contributed by atoms with Gasteiger partial charge in [-0.15, -0.1) is 11.3 Å². The molecule has 2 aromatic heterocycles. The molecule has 0 atom stereocenters. The molecule has 1 fully saturated rings. The molecule has 1 aliphatic heterocycles. The molecule has 2 N–H and O–H groups in total. The lowest BCUT2D eigenvalue weighted by Crippen LogP contribution is -2.43. The summed E-state index contributed by atoms with van der Waals surface area (Å²) in [4.78, 5) is 32.5. The van der Waals surface area contributed by atoms with E-state index >= 15 is 0 Å². The van der Waals surface area contributed by atoms with Gasteiger partial charge >= 0.3 is 5.69 Å². The third kappa shape index (κ3) is 3.91. The second-order valence-corrected chi connectivity index (χ2v) is 8.56. The molecular formula is C23H23FN6O2S. The third-order valence-corrected chi connectivity index (χ3v) is 6.56. The zero-order valence-electron chi connectivity index (χ0n) is 18.0. The van der Waals surface area contributed by atoms with E-state index < -0.39 is 11.7 Å². The number of fused-ring (bicyclic) bond motifs is 1. The lowest BCUT2D eigenvalue weighted by atomic mass is 10.2. The number of aromatic nitrogens is 3. The van der Waals surface area contributed by atoms with Crippen molar-refractivity contribution >= 4 is 39.7 Å². The molecule has 8 nitrogen and oxygen atoms in total. The number of aryl methyl sites for hydroxylation is 1. The quantitative estimate of drug-likeness (QED) is 0.472. The molecule has 0 saturated carbocycles. The molecule has 1 amide bonds. The van der Waals surface area contributed by atoms with E-state index in [4.69, 9.17) is 0 Å². The number of amides is 1. The van der Waals surface area contributed by atoms with Gasteiger partial charge in [-0.3, -0.25) is 9.36 Å². The molecule has 10 heteroatoms. The Bertz CT molecular complexity index is 1390. The Morgan fingerprint density at radius 2 is 1.94 bits per heavy atom. The van der Waals surface area contributed by atoms with Crippen molar-refractivity contribution < 1.29 is 9.18 Å². The van der Waals surface area contributed by atoms with Crippen molar-refractivity contribution in [3.63, 3.8) is 0 Å². The number of nitrogens with zero attached hydrogens (tertiary/aromatic N) is 4. The average molecular weight is 467 g/mol. The molecule has 0 aliphatic carbocycles. The number of anilines is 2. The van der Waals surface area contributed by atoms with Crippen molar-refractivity contribution in [2.24, 2.45) is 0 Å². The van der Waals surface area contributed by atoms with Crippen LogP contribution in [0.3, 0.4) is 0 Å². The number of piperazine rings is 1. The minimum absolute atomic E-state index is 0.172. The van der Waals surface area contributed by atoms with Gasteiger partial charge in [0.2, 0.25) is 0 Å². The minimum atomic E-state index is -0.452. The van der Waals surface area contributed by atoms with Crippen molar-refractivity contribution in [2.75, 3.05) is 36.4 Å². The van der Waals surface area contributed by atoms with Gasteiger partial charge in [-0.05, 0) is 37.3 Å². The summed E-state index contributed by atoms with van der Waals surface area (Å²) in [6.07, 6.45) is 0. The topological polar surface area (TPSA) is 84.2 Å². The summed E-state index contributed by atoms with van der Waals surface area (Å²) in [5.41, 5.74) is 2.68. The number of carbonyl (C=O) groups excluding carboxylic acids is 1. The predicted octanol–water partition coefficient (Wildman–Crippen LogP) is 3.07. The van der Waals surface area contributed by atoms with Crippen LogP contribution < -0.4 is 21.2 Å². The molecule has 170 valence electrons. The normalized spacial score (nSPS) is 14.1. The van der Waals surface area contributed by atoms with E-state index in [2.05, 4.69) is 20.5 Å². The first kappa shape index (κ1) is 21.4. The zero-order chi connectivity index (χ0) is 22.9.